The number of carboxylic acids is 1. The van der Waals surface area contributed by atoms with E-state index < -0.39 is 165 Å². The number of hydrogen-bond donors (Lipinski definition) is 13. The number of allylic oxidation sites excluding steroid dienone is 10. The number of aliphatic hydroxyl groups is 11. The number of carbonyl (C=O) groups is 2. The van der Waals surface area contributed by atoms with Crippen LogP contribution in [0.1, 0.15) is 105 Å². The number of cyclic esters (lactones) is 1. The van der Waals surface area contributed by atoms with Crippen molar-refractivity contribution in [3.8, 4) is 0 Å². The Hall–Kier alpha value is -3.30. The summed E-state index contributed by atoms with van der Waals surface area (Å²) in [6, 6.07) is -1.16. The number of hydrogen-bond acceptors (Lipinski definition) is 20. The molecule has 14 N–H and O–H groups in total. The smallest absolute Gasteiger partial charge is 0.311 e. The van der Waals surface area contributed by atoms with Crippen LogP contribution in [0.5, 0.6) is 0 Å². The summed E-state index contributed by atoms with van der Waals surface area (Å²) in [6.07, 6.45) is -1.63. The van der Waals surface area contributed by atoms with Crippen molar-refractivity contribution in [1.29, 1.82) is 0 Å². The molecule has 1 unspecified atom stereocenters. The summed E-state index contributed by atoms with van der Waals surface area (Å²) in [5.41, 5.74) is 6.04. The lowest BCUT2D eigenvalue weighted by atomic mass is 9.82. The molecule has 4 rings (SSSR count). The molecule has 4 aliphatic heterocycles. The fourth-order valence-electron chi connectivity index (χ4n) is 9.63. The first-order chi connectivity index (χ1) is 34.9. The summed E-state index contributed by atoms with van der Waals surface area (Å²) < 4.78 is 35.8. The van der Waals surface area contributed by atoms with Crippen molar-refractivity contribution in [2.45, 2.75) is 227 Å². The molecule has 2 bridgehead atoms. The summed E-state index contributed by atoms with van der Waals surface area (Å²) in [4.78, 5) is 25.6. The second-order valence-corrected chi connectivity index (χ2v) is 20.5. The van der Waals surface area contributed by atoms with E-state index in [-0.39, 0.29) is 44.4 Å². The molecule has 3 saturated heterocycles. The van der Waals surface area contributed by atoms with Gasteiger partial charge in [-0.1, -0.05) is 86.8 Å². The number of aliphatic hydroxyl groups excluding tert-OH is 10. The molecule has 3 fully saturated rings. The summed E-state index contributed by atoms with van der Waals surface area (Å²) in [5, 5.41) is 129. The third kappa shape index (κ3) is 19.9. The molecule has 0 saturated carbocycles. The molecule has 21 nitrogen and oxygen atoms in total. The Balaban J connectivity index is 1.55. The average Bonchev–Trinajstić information content (AvgIpc) is 3.31. The van der Waals surface area contributed by atoms with Gasteiger partial charge in [0.05, 0.1) is 91.8 Å². The van der Waals surface area contributed by atoms with Crippen LogP contribution in [0.2, 0.25) is 0 Å². The minimum atomic E-state index is -2.37. The lowest BCUT2D eigenvalue weighted by Gasteiger charge is -2.45. The van der Waals surface area contributed by atoms with Crippen molar-refractivity contribution in [1.82, 2.24) is 0 Å². The molecule has 4 aliphatic rings. The number of ether oxygens (including phenoxy) is 6. The van der Waals surface area contributed by atoms with Crippen LogP contribution >= 0.6 is 0 Å². The standard InChI is InChI=1S/C53H85NO20/c1-29-18-16-14-12-10-8-6-7-9-11-13-15-17-19-37(72-52-49(65)46(54)48(64)33(5)71-52)25-42-45(51(66)67)41(61)28-53(68,74-42)27-40(60)38(58)21-20-34(55)22-35(56)23-36(57)24-43(62)69-31(3)30(2)50(29)73-44-26-39(59)47(63)32(4)70-44/h6-7,9,11-19,29-42,44-50,52,55-61,63-65,68H,8,10,20-28,54H2,1-5H3,(H,66,67)/t29-,30-,31-,32-,33+,34+,35+,36+,37-,38+,39+,40+,41-,42-,44?,45+,46-,47-,48+,49-,50+,52-,53+/m0/s1. The largest absolute Gasteiger partial charge is 0.481 e. The van der Waals surface area contributed by atoms with Gasteiger partial charge in [0.2, 0.25) is 0 Å². The highest BCUT2D eigenvalue weighted by atomic mass is 16.7. The lowest BCUT2D eigenvalue weighted by molar-refractivity contribution is -0.310. The molecule has 0 aromatic rings. The molecule has 23 atom stereocenters. The van der Waals surface area contributed by atoms with Crippen LogP contribution in [0.25, 0.3) is 0 Å². The fourth-order valence-corrected chi connectivity index (χ4v) is 9.63. The predicted molar refractivity (Wildman–Crippen MR) is 267 cm³/mol. The topological polar surface area (TPSA) is 358 Å². The number of esters is 1. The van der Waals surface area contributed by atoms with Gasteiger partial charge in [0, 0.05) is 37.5 Å². The van der Waals surface area contributed by atoms with Crippen molar-refractivity contribution < 1.29 is 99.3 Å². The van der Waals surface area contributed by atoms with Crippen molar-refractivity contribution in [3.05, 3.63) is 72.9 Å². The summed E-state index contributed by atoms with van der Waals surface area (Å²) in [5.74, 6) is -6.88. The lowest BCUT2D eigenvalue weighted by Crippen LogP contribution is -2.61. The Morgan fingerprint density at radius 1 is 0.635 bits per heavy atom. The molecule has 21 heteroatoms. The second-order valence-electron chi connectivity index (χ2n) is 20.5. The van der Waals surface area contributed by atoms with Crippen molar-refractivity contribution in [3.63, 3.8) is 0 Å². The van der Waals surface area contributed by atoms with E-state index in [1.807, 2.05) is 56.4 Å². The van der Waals surface area contributed by atoms with Gasteiger partial charge in [0.15, 0.2) is 18.4 Å². The van der Waals surface area contributed by atoms with Gasteiger partial charge in [-0.25, -0.2) is 0 Å². The van der Waals surface area contributed by atoms with Crippen LogP contribution in [0, 0.1) is 17.8 Å². The molecule has 0 aromatic carbocycles. The zero-order valence-electron chi connectivity index (χ0n) is 43.1. The van der Waals surface area contributed by atoms with Crippen LogP contribution in [-0.4, -0.2) is 195 Å². The first-order valence-electron chi connectivity index (χ1n) is 25.9. The molecule has 422 valence electrons. The Labute approximate surface area is 433 Å². The highest BCUT2D eigenvalue weighted by molar-refractivity contribution is 5.71. The van der Waals surface area contributed by atoms with Gasteiger partial charge in [0.25, 0.3) is 0 Å². The molecular weight excluding hydrogens is 971 g/mol. The van der Waals surface area contributed by atoms with Crippen molar-refractivity contribution in [2.75, 3.05) is 0 Å². The molecule has 0 aromatic heterocycles. The minimum Gasteiger partial charge on any atom is -0.481 e. The SMILES string of the molecule is C[C@@H]1[C@H](OC2C[C@@H](O)[C@@H](O)[C@H](C)O2)[C@@H](C)C=CC=CCCC=CC=CC=CC=C[C@H](O[C@@H]2O[C@H](C)[C@@H](O)[C@H](N)[C@@H]2O)C[C@@H]2O[C@](O)(C[C@@H](O)[C@H](O)CC[C@@H](O)C[C@@H](O)C[C@@H](O)CC(=O)O[C@H]1C)C[C@H](O)[C@H]2C(=O)O. The zero-order chi connectivity index (χ0) is 54.9. The number of nitrogens with two attached hydrogens (primary N) is 1. The predicted octanol–water partition coefficient (Wildman–Crippen LogP) is 0.817. The van der Waals surface area contributed by atoms with Crippen LogP contribution in [0.3, 0.4) is 0 Å². The van der Waals surface area contributed by atoms with Crippen molar-refractivity contribution >= 4 is 11.9 Å². The molecule has 74 heavy (non-hydrogen) atoms. The average molecular weight is 1060 g/mol. The number of fused-ring (bicyclic) bond motifs is 2. The molecule has 0 amide bonds. The van der Waals surface area contributed by atoms with E-state index in [4.69, 9.17) is 34.2 Å². The van der Waals surface area contributed by atoms with E-state index in [0.717, 1.165) is 12.8 Å². The summed E-state index contributed by atoms with van der Waals surface area (Å²) >= 11 is 0. The number of carboxylic acid groups (broad SMARTS) is 1. The minimum absolute atomic E-state index is 0.0208. The van der Waals surface area contributed by atoms with Gasteiger partial charge >= 0.3 is 11.9 Å². The van der Waals surface area contributed by atoms with Gasteiger partial charge < -0.3 is 95.4 Å². The third-order valence-corrected chi connectivity index (χ3v) is 14.2. The Morgan fingerprint density at radius 2 is 1.23 bits per heavy atom. The van der Waals surface area contributed by atoms with Gasteiger partial charge in [0.1, 0.15) is 24.2 Å². The first-order valence-corrected chi connectivity index (χ1v) is 25.9. The van der Waals surface area contributed by atoms with Crippen LogP contribution in [0.4, 0.5) is 0 Å². The maximum atomic E-state index is 13.1. The number of rotatable bonds is 5. The monoisotopic (exact) mass is 1060 g/mol. The summed E-state index contributed by atoms with van der Waals surface area (Å²) in [6.45, 7) is 8.61. The van der Waals surface area contributed by atoms with Crippen LogP contribution < -0.4 is 5.73 Å². The Morgan fingerprint density at radius 3 is 1.89 bits per heavy atom. The highest BCUT2D eigenvalue weighted by Crippen LogP contribution is 2.38. The first kappa shape index (κ1) is 63.2. The maximum absolute atomic E-state index is 13.1. The quantitative estimate of drug-likeness (QED) is 0.170. The molecular formula is C53H85NO20. The number of carbonyl (C=O) groups excluding carboxylic acids is 1. The van der Waals surface area contributed by atoms with E-state index in [1.165, 1.54) is 13.0 Å². The van der Waals surface area contributed by atoms with Crippen LogP contribution in [-0.2, 0) is 38.0 Å². The zero-order valence-corrected chi connectivity index (χ0v) is 43.1. The van der Waals surface area contributed by atoms with E-state index in [1.54, 1.807) is 38.2 Å². The molecule has 0 aliphatic carbocycles. The van der Waals surface area contributed by atoms with Crippen LogP contribution in [0.15, 0.2) is 72.9 Å². The van der Waals surface area contributed by atoms with Gasteiger partial charge in [-0.2, -0.15) is 0 Å². The number of aliphatic carboxylic acids is 1. The fraction of sp³-hybridized carbons (Fsp3) is 0.736. The van der Waals surface area contributed by atoms with Gasteiger partial charge in [-0.3, -0.25) is 9.59 Å². The highest BCUT2D eigenvalue weighted by Gasteiger charge is 2.51. The Bertz CT molecular complexity index is 1870. The summed E-state index contributed by atoms with van der Waals surface area (Å²) in [7, 11) is 0. The third-order valence-electron chi connectivity index (χ3n) is 14.2. The van der Waals surface area contributed by atoms with E-state index in [2.05, 4.69) is 0 Å². The van der Waals surface area contributed by atoms with E-state index in [9.17, 15) is 70.9 Å². The Kier molecular flexibility index (Phi) is 26.1. The molecule has 0 spiro atoms. The van der Waals surface area contributed by atoms with Gasteiger partial charge in [-0.15, -0.1) is 0 Å². The molecule has 0 radical (unpaired) electrons. The van der Waals surface area contributed by atoms with Gasteiger partial charge in [-0.05, 0) is 59.3 Å². The maximum Gasteiger partial charge on any atom is 0.311 e. The van der Waals surface area contributed by atoms with E-state index in [0.29, 0.717) is 0 Å². The van der Waals surface area contributed by atoms with Crippen molar-refractivity contribution in [2.24, 2.45) is 23.5 Å². The normalized spacial score (nSPS) is 43.9. The van der Waals surface area contributed by atoms with E-state index >= 15 is 0 Å². The second kappa shape index (κ2) is 30.6. The molecule has 4 heterocycles.